The Kier molecular flexibility index (Phi) is 23.4. The number of piperidine rings is 3. The topological polar surface area (TPSA) is 241 Å². The quantitative estimate of drug-likeness (QED) is 0.0946. The standard InChI is InChI=1S/C24H22ClN3O4.C23H28BClN2O4.C17H16BrClN2O2.C7H6INO2/c25-21-12-15(24(30)28-7-4-18(29)5-8-28)1-2-19(21)16-11-17(14-26-13-16)20-3-6-27-23-22(20)31-9-10-32-23;1-22(2)23(3,4)31-24(30-22)17-11-16(13-26-14-17)19-6-5-15(12-20(19)25)21(29)27-9-7-18(28)8-10-27;18-13-7-12(9-20-10-13)15-2-1-11(8-16(15)19)17(23)21-5-3-14(22)4-6-21;8-5-1-2-9-7-6(5)10-3-4-11-7/h1-3,6,11-14,18,29H,4-5,7-10H2;5-6,11-14,18,28H,7-10H2,1-4H3;1-2,7-10,14,22H,3-6H2;1-2H,3-4H2. The Labute approximate surface area is 600 Å². The van der Waals surface area contributed by atoms with Crippen LogP contribution >= 0.6 is 73.3 Å². The van der Waals surface area contributed by atoms with Gasteiger partial charge in [0.1, 0.15) is 26.4 Å². The predicted molar refractivity (Wildman–Crippen MR) is 383 cm³/mol. The first-order valence-corrected chi connectivity index (χ1v) is 34.9. The van der Waals surface area contributed by atoms with Gasteiger partial charge in [0, 0.05) is 175 Å². The maximum absolute atomic E-state index is 12.8. The Hall–Kier alpha value is -7.04. The van der Waals surface area contributed by atoms with Gasteiger partial charge in [-0.2, -0.15) is 0 Å². The molecule has 0 spiro atoms. The summed E-state index contributed by atoms with van der Waals surface area (Å²) in [6.07, 6.45) is 16.5. The number of aromatic nitrogens is 5. The van der Waals surface area contributed by atoms with Crippen LogP contribution in [0.5, 0.6) is 23.3 Å². The first-order valence-electron chi connectivity index (χ1n) is 31.9. The average Bonchev–Trinajstić information content (AvgIpc) is 1.65. The average molecular weight is 1550 g/mol. The smallest absolute Gasteiger partial charge is 0.484 e. The number of carbonyl (C=O) groups is 3. The molecule has 506 valence electrons. The van der Waals surface area contributed by atoms with E-state index in [-0.39, 0.29) is 36.0 Å². The summed E-state index contributed by atoms with van der Waals surface area (Å²) in [6, 6.07) is 25.6. The van der Waals surface area contributed by atoms with Crippen molar-refractivity contribution in [3.05, 3.63) is 174 Å². The molecule has 20 nitrogen and oxygen atoms in total. The van der Waals surface area contributed by atoms with E-state index in [0.717, 1.165) is 63.8 Å². The second-order valence-corrected chi connectivity index (χ2v) is 28.2. The van der Waals surface area contributed by atoms with Gasteiger partial charge in [0.25, 0.3) is 29.5 Å². The van der Waals surface area contributed by atoms with Crippen LogP contribution in [0.1, 0.15) is 97.3 Å². The Morgan fingerprint density at radius 3 is 1.29 bits per heavy atom. The highest BCUT2D eigenvalue weighted by Gasteiger charge is 2.52. The van der Waals surface area contributed by atoms with Gasteiger partial charge in [-0.3, -0.25) is 29.3 Å². The van der Waals surface area contributed by atoms with Crippen molar-refractivity contribution in [1.82, 2.24) is 39.6 Å². The van der Waals surface area contributed by atoms with E-state index in [1.54, 1.807) is 101 Å². The number of hydrogen-bond donors (Lipinski definition) is 3. The van der Waals surface area contributed by atoms with Crippen LogP contribution in [0.2, 0.25) is 15.1 Å². The molecule has 97 heavy (non-hydrogen) atoms. The number of likely N-dealkylation sites (tertiary alicyclic amines) is 3. The third-order valence-electron chi connectivity index (χ3n) is 17.7. The lowest BCUT2D eigenvalue weighted by atomic mass is 9.79. The highest BCUT2D eigenvalue weighted by molar-refractivity contribution is 14.1. The minimum Gasteiger partial charge on any atom is -0.484 e. The highest BCUT2D eigenvalue weighted by atomic mass is 127. The zero-order valence-corrected chi connectivity index (χ0v) is 59.8. The van der Waals surface area contributed by atoms with Crippen molar-refractivity contribution in [1.29, 1.82) is 0 Å². The molecule has 3 amide bonds. The van der Waals surface area contributed by atoms with E-state index < -0.39 is 18.3 Å². The molecule has 0 saturated carbocycles. The first kappa shape index (κ1) is 71.3. The van der Waals surface area contributed by atoms with Gasteiger partial charge in [0.2, 0.25) is 0 Å². The number of nitrogens with zero attached hydrogens (tertiary/aromatic N) is 8. The number of aliphatic hydroxyl groups is 3. The fourth-order valence-corrected chi connectivity index (χ4v) is 13.3. The van der Waals surface area contributed by atoms with Crippen molar-refractivity contribution in [3.8, 4) is 67.8 Å². The molecule has 3 aromatic carbocycles. The number of pyridine rings is 5. The van der Waals surface area contributed by atoms with E-state index >= 15 is 0 Å². The Morgan fingerprint density at radius 1 is 0.485 bits per heavy atom. The minimum atomic E-state index is -0.508. The van der Waals surface area contributed by atoms with Crippen LogP contribution in [0.3, 0.4) is 0 Å². The second kappa shape index (κ2) is 31.9. The number of hydrogen-bond acceptors (Lipinski definition) is 17. The van der Waals surface area contributed by atoms with Crippen LogP contribution in [-0.4, -0.2) is 175 Å². The van der Waals surface area contributed by atoms with E-state index in [0.29, 0.717) is 153 Å². The lowest BCUT2D eigenvalue weighted by Gasteiger charge is -2.32. The Morgan fingerprint density at radius 2 is 0.856 bits per heavy atom. The molecule has 6 aliphatic rings. The number of carbonyl (C=O) groups excluding carboxylic acids is 3. The van der Waals surface area contributed by atoms with E-state index in [2.05, 4.69) is 63.4 Å². The van der Waals surface area contributed by atoms with Gasteiger partial charge in [-0.1, -0.05) is 59.1 Å². The van der Waals surface area contributed by atoms with Gasteiger partial charge in [-0.05, 0) is 165 Å². The molecule has 4 fully saturated rings. The summed E-state index contributed by atoms with van der Waals surface area (Å²) in [6.45, 7) is 13.6. The Bertz CT molecular complexity index is 4140. The summed E-state index contributed by atoms with van der Waals surface area (Å²) in [7, 11) is -0.508. The highest BCUT2D eigenvalue weighted by Crippen LogP contribution is 2.41. The molecule has 11 heterocycles. The molecule has 6 aliphatic heterocycles. The van der Waals surface area contributed by atoms with Crippen LogP contribution in [0.4, 0.5) is 0 Å². The van der Waals surface area contributed by atoms with Gasteiger partial charge in [0.05, 0.1) is 33.1 Å². The second-order valence-electron chi connectivity index (χ2n) is 24.9. The summed E-state index contributed by atoms with van der Waals surface area (Å²) >= 11 is 25.1. The first-order chi connectivity index (χ1) is 46.6. The fraction of sp³-hybridized carbons (Fsp3) is 0.352. The minimum absolute atomic E-state index is 0.0438. The number of amides is 3. The molecule has 0 aliphatic carbocycles. The van der Waals surface area contributed by atoms with Crippen molar-refractivity contribution in [3.63, 3.8) is 0 Å². The Balaban J connectivity index is 0.000000138. The van der Waals surface area contributed by atoms with Crippen molar-refractivity contribution in [2.75, 3.05) is 65.7 Å². The summed E-state index contributed by atoms with van der Waals surface area (Å²) in [5.41, 5.74) is 8.27. The third-order valence-corrected chi connectivity index (χ3v) is 19.9. The van der Waals surface area contributed by atoms with E-state index in [9.17, 15) is 29.7 Å². The monoisotopic (exact) mass is 1550 g/mol. The maximum atomic E-state index is 12.8. The van der Waals surface area contributed by atoms with E-state index in [1.165, 1.54) is 0 Å². The molecule has 14 rings (SSSR count). The molecule has 0 radical (unpaired) electrons. The molecule has 5 aromatic heterocycles. The van der Waals surface area contributed by atoms with Crippen LogP contribution in [0.25, 0.3) is 44.5 Å². The zero-order valence-electron chi connectivity index (χ0n) is 53.8. The zero-order chi connectivity index (χ0) is 68.5. The molecule has 0 atom stereocenters. The predicted octanol–water partition coefficient (Wildman–Crippen LogP) is 12.3. The van der Waals surface area contributed by atoms with Gasteiger partial charge in [-0.25, -0.2) is 9.97 Å². The largest absolute Gasteiger partial charge is 0.496 e. The third kappa shape index (κ3) is 17.3. The summed E-state index contributed by atoms with van der Waals surface area (Å²) in [4.78, 5) is 64.6. The molecular weight excluding hydrogens is 1480 g/mol. The van der Waals surface area contributed by atoms with Gasteiger partial charge in [0.15, 0.2) is 11.5 Å². The SMILES string of the molecule is CC1(C)OB(c2cncc(-c3ccc(C(=O)N4CCC(O)CC4)cc3Cl)c2)OC1(C)C.Ic1ccnc2c1OCCO2.O=C(c1ccc(-c2cncc(-c3ccnc4c3OCCO4)c2)c(Cl)c1)N1CCC(O)CC1.O=C(c1ccc(-c2cncc(Br)c2)c(Cl)c1)N1CCC(O)CC1. The summed E-state index contributed by atoms with van der Waals surface area (Å²) in [5.74, 6) is 2.30. The van der Waals surface area contributed by atoms with Crippen molar-refractivity contribution in [2.45, 2.75) is 95.7 Å². The molecule has 0 unspecified atom stereocenters. The lowest BCUT2D eigenvalue weighted by molar-refractivity contribution is 0.00578. The van der Waals surface area contributed by atoms with Crippen molar-refractivity contribution >= 4 is 104 Å². The van der Waals surface area contributed by atoms with Crippen LogP contribution in [0.15, 0.2) is 139 Å². The number of halogens is 5. The van der Waals surface area contributed by atoms with Gasteiger partial charge >= 0.3 is 7.12 Å². The maximum Gasteiger partial charge on any atom is 0.496 e. The van der Waals surface area contributed by atoms with Gasteiger partial charge in [-0.15, -0.1) is 0 Å². The molecule has 8 aromatic rings. The summed E-state index contributed by atoms with van der Waals surface area (Å²) < 4.78 is 36.2. The van der Waals surface area contributed by atoms with Gasteiger partial charge < -0.3 is 58.3 Å². The number of aliphatic hydroxyl groups excluding tert-OH is 3. The van der Waals surface area contributed by atoms with Crippen molar-refractivity contribution in [2.24, 2.45) is 0 Å². The van der Waals surface area contributed by atoms with Crippen LogP contribution in [-0.2, 0) is 9.31 Å². The van der Waals surface area contributed by atoms with E-state index in [1.807, 2.05) is 76.2 Å². The number of ether oxygens (including phenoxy) is 4. The summed E-state index contributed by atoms with van der Waals surface area (Å²) in [5, 5.41) is 30.4. The number of benzene rings is 3. The molecule has 4 saturated heterocycles. The molecule has 0 bridgehead atoms. The number of rotatable bonds is 8. The molecule has 3 N–H and O–H groups in total. The molecule has 26 heteroatoms. The van der Waals surface area contributed by atoms with Crippen LogP contribution < -0.4 is 24.4 Å². The molecular formula is C71H72BBrCl3IN8O12. The normalized spacial score (nSPS) is 17.4. The fourth-order valence-electron chi connectivity index (χ4n) is 11.5. The van der Waals surface area contributed by atoms with Crippen molar-refractivity contribution < 1.29 is 58.0 Å². The van der Waals surface area contributed by atoms with E-state index in [4.69, 9.17) is 63.1 Å². The number of fused-ring (bicyclic) bond motifs is 2. The van der Waals surface area contributed by atoms with Crippen LogP contribution in [0, 0.1) is 3.57 Å². The lowest BCUT2D eigenvalue weighted by Crippen LogP contribution is -2.41.